The van der Waals surface area contributed by atoms with Gasteiger partial charge in [-0.15, -0.1) is 0 Å². The fourth-order valence-corrected chi connectivity index (χ4v) is 6.29. The van der Waals surface area contributed by atoms with Gasteiger partial charge in [-0.2, -0.15) is 5.10 Å². The smallest absolute Gasteiger partial charge is 0.316 e. The summed E-state index contributed by atoms with van der Waals surface area (Å²) in [6.45, 7) is 1.71. The van der Waals surface area contributed by atoms with Gasteiger partial charge in [0.05, 0.1) is 16.8 Å². The first-order chi connectivity index (χ1) is 22.5. The average Bonchev–Trinajstić information content (AvgIpc) is 3.63. The number of unbranched alkanes of at least 4 members (excludes halogenated alkanes) is 1. The zero-order valence-electron chi connectivity index (χ0n) is 25.1. The number of amides is 5. The molecule has 0 aliphatic carbocycles. The van der Waals surface area contributed by atoms with E-state index in [0.29, 0.717) is 49.3 Å². The summed E-state index contributed by atoms with van der Waals surface area (Å²) in [5.74, 6) is -0.851. The van der Waals surface area contributed by atoms with E-state index in [0.717, 1.165) is 28.0 Å². The van der Waals surface area contributed by atoms with Gasteiger partial charge in [0.25, 0.3) is 11.8 Å². The number of carbonyl (C=O) groups excluding carboxylic acids is 4. The van der Waals surface area contributed by atoms with Gasteiger partial charge in [-0.05, 0) is 65.4 Å². The minimum absolute atomic E-state index is 0.0796. The minimum atomic E-state index is -0.275. The predicted octanol–water partition coefficient (Wildman–Crippen LogP) is 5.43. The zero-order valence-corrected chi connectivity index (χ0v) is 25.1. The summed E-state index contributed by atoms with van der Waals surface area (Å²) in [5, 5.41) is 9.34. The Morgan fingerprint density at radius 1 is 0.783 bits per heavy atom. The maximum Gasteiger partial charge on any atom is 0.322 e. The molecule has 1 N–H and O–H groups in total. The van der Waals surface area contributed by atoms with E-state index in [2.05, 4.69) is 10.3 Å². The Hall–Kier alpha value is -5.64. The lowest BCUT2D eigenvalue weighted by Gasteiger charge is -2.30. The van der Waals surface area contributed by atoms with E-state index in [9.17, 15) is 19.2 Å². The number of anilines is 1. The average molecular weight is 613 g/mol. The Bertz CT molecular complexity index is 1800. The van der Waals surface area contributed by atoms with Crippen LogP contribution in [0, 0.1) is 0 Å². The van der Waals surface area contributed by atoms with Crippen LogP contribution in [0.25, 0.3) is 0 Å². The summed E-state index contributed by atoms with van der Waals surface area (Å²) in [4.78, 5) is 58.9. The highest BCUT2D eigenvalue weighted by Crippen LogP contribution is 2.31. The van der Waals surface area contributed by atoms with E-state index in [1.54, 1.807) is 41.6 Å². The van der Waals surface area contributed by atoms with E-state index in [1.807, 2.05) is 60.7 Å². The first-order valence-corrected chi connectivity index (χ1v) is 15.4. The molecular weight excluding hydrogens is 580 g/mol. The van der Waals surface area contributed by atoms with Gasteiger partial charge in [0, 0.05) is 56.6 Å². The molecule has 10 nitrogen and oxygen atoms in total. The van der Waals surface area contributed by atoms with Crippen molar-refractivity contribution in [2.75, 3.05) is 18.4 Å². The molecule has 0 spiro atoms. The van der Waals surface area contributed by atoms with Crippen molar-refractivity contribution in [2.24, 2.45) is 5.10 Å². The molecule has 1 atom stereocenters. The number of urea groups is 1. The van der Waals surface area contributed by atoms with Gasteiger partial charge in [0.1, 0.15) is 0 Å². The Labute approximate surface area is 266 Å². The van der Waals surface area contributed by atoms with Crippen molar-refractivity contribution >= 4 is 35.2 Å². The lowest BCUT2D eigenvalue weighted by Crippen LogP contribution is -2.37. The Morgan fingerprint density at radius 2 is 1.46 bits per heavy atom. The number of pyridine rings is 1. The number of benzene rings is 3. The molecule has 0 bridgehead atoms. The van der Waals surface area contributed by atoms with E-state index in [4.69, 9.17) is 5.10 Å². The molecule has 5 amide bonds. The Balaban J connectivity index is 1.03. The third kappa shape index (κ3) is 5.65. The van der Waals surface area contributed by atoms with Crippen molar-refractivity contribution in [2.45, 2.75) is 38.3 Å². The van der Waals surface area contributed by atoms with Gasteiger partial charge in [0.15, 0.2) is 0 Å². The molecule has 3 aliphatic heterocycles. The first-order valence-electron chi connectivity index (χ1n) is 15.4. The number of nitrogens with one attached hydrogen (secondary N) is 1. The number of imide groups is 1. The second-order valence-electron chi connectivity index (χ2n) is 11.7. The van der Waals surface area contributed by atoms with Crippen molar-refractivity contribution in [1.29, 1.82) is 0 Å². The van der Waals surface area contributed by atoms with E-state index in [1.165, 1.54) is 9.91 Å². The highest BCUT2D eigenvalue weighted by Gasteiger charge is 2.35. The molecule has 46 heavy (non-hydrogen) atoms. The molecule has 0 fully saturated rings. The fourth-order valence-electron chi connectivity index (χ4n) is 6.29. The molecule has 3 aromatic carbocycles. The van der Waals surface area contributed by atoms with Gasteiger partial charge in [-0.3, -0.25) is 24.3 Å². The second kappa shape index (κ2) is 12.4. The van der Waals surface area contributed by atoms with Crippen molar-refractivity contribution in [1.82, 2.24) is 19.8 Å². The number of carbonyl (C=O) groups is 4. The summed E-state index contributed by atoms with van der Waals surface area (Å²) in [6, 6.07) is 26.0. The predicted molar refractivity (Wildman–Crippen MR) is 172 cm³/mol. The van der Waals surface area contributed by atoms with Crippen LogP contribution in [0.3, 0.4) is 0 Å². The largest absolute Gasteiger partial charge is 0.322 e. The van der Waals surface area contributed by atoms with Gasteiger partial charge in [-0.1, -0.05) is 54.6 Å². The Kier molecular flexibility index (Phi) is 7.84. The third-order valence-corrected chi connectivity index (χ3v) is 8.75. The van der Waals surface area contributed by atoms with Gasteiger partial charge >= 0.3 is 6.03 Å². The van der Waals surface area contributed by atoms with Crippen LogP contribution < -0.4 is 5.32 Å². The van der Waals surface area contributed by atoms with Crippen LogP contribution in [0.15, 0.2) is 102 Å². The molecule has 7 rings (SSSR count). The number of hydrogen-bond donors (Lipinski definition) is 1. The number of hydrazone groups is 1. The number of nitrogens with zero attached hydrogens (tertiary/aromatic N) is 5. The van der Waals surface area contributed by atoms with Crippen LogP contribution in [0.1, 0.15) is 68.2 Å². The molecule has 0 saturated carbocycles. The maximum atomic E-state index is 13.3. The van der Waals surface area contributed by atoms with E-state index >= 15 is 0 Å². The molecule has 0 radical (unpaired) electrons. The molecule has 4 aromatic rings. The molecule has 4 heterocycles. The quantitative estimate of drug-likeness (QED) is 0.211. The topological polar surface area (TPSA) is 115 Å². The number of hydrogen-bond acceptors (Lipinski definition) is 6. The number of aromatic nitrogens is 1. The van der Waals surface area contributed by atoms with Crippen molar-refractivity contribution in [3.63, 3.8) is 0 Å². The molecule has 230 valence electrons. The second-order valence-corrected chi connectivity index (χ2v) is 11.7. The SMILES string of the molecule is O=C(Nc1ccc(C2=NN(CCCCN3C(=O)c4ccccc4C3=O)C(=O)CC2c2ccccc2)cc1)N1Cc2ccncc2C1. The first kappa shape index (κ1) is 29.1. The number of rotatable bonds is 8. The van der Waals surface area contributed by atoms with Crippen LogP contribution in [0.4, 0.5) is 10.5 Å². The summed E-state index contributed by atoms with van der Waals surface area (Å²) in [6.07, 6.45) is 4.93. The zero-order chi connectivity index (χ0) is 31.6. The van der Waals surface area contributed by atoms with Gasteiger partial charge < -0.3 is 10.2 Å². The monoisotopic (exact) mass is 612 g/mol. The summed E-state index contributed by atoms with van der Waals surface area (Å²) < 4.78 is 0. The minimum Gasteiger partial charge on any atom is -0.316 e. The van der Waals surface area contributed by atoms with Crippen LogP contribution in [-0.2, 0) is 17.9 Å². The van der Waals surface area contributed by atoms with Crippen LogP contribution >= 0.6 is 0 Å². The third-order valence-electron chi connectivity index (χ3n) is 8.75. The standard InChI is InChI=1S/C36H32N6O4/c43-32-20-31(24-8-2-1-3-9-24)33(39-42(32)19-7-6-18-41-34(44)29-10-4-5-11-30(29)35(41)45)25-12-14-28(15-13-25)38-36(46)40-22-26-16-17-37-21-27(26)23-40/h1-5,8-17,21,31H,6-7,18-20,22-23H2,(H,38,46). The van der Waals surface area contributed by atoms with Crippen molar-refractivity contribution in [3.8, 4) is 0 Å². The summed E-state index contributed by atoms with van der Waals surface area (Å²) >= 11 is 0. The Morgan fingerprint density at radius 3 is 2.17 bits per heavy atom. The number of fused-ring (bicyclic) bond motifs is 2. The van der Waals surface area contributed by atoms with Crippen molar-refractivity contribution < 1.29 is 19.2 Å². The fraction of sp³-hybridized carbons (Fsp3) is 0.222. The highest BCUT2D eigenvalue weighted by atomic mass is 16.2. The van der Waals surface area contributed by atoms with Crippen molar-refractivity contribution in [3.05, 3.63) is 131 Å². The van der Waals surface area contributed by atoms with E-state index < -0.39 is 0 Å². The molecule has 3 aliphatic rings. The molecule has 0 saturated heterocycles. The lowest BCUT2D eigenvalue weighted by atomic mass is 9.86. The molecule has 1 aromatic heterocycles. The van der Waals surface area contributed by atoms with Gasteiger partial charge in [0.2, 0.25) is 5.91 Å². The van der Waals surface area contributed by atoms with Crippen LogP contribution in [0.2, 0.25) is 0 Å². The van der Waals surface area contributed by atoms with Gasteiger partial charge in [-0.25, -0.2) is 9.80 Å². The van der Waals surface area contributed by atoms with E-state index in [-0.39, 0.29) is 42.6 Å². The lowest BCUT2D eigenvalue weighted by molar-refractivity contribution is -0.132. The summed E-state index contributed by atoms with van der Waals surface area (Å²) in [7, 11) is 0. The molecule has 1 unspecified atom stereocenters. The van der Waals surface area contributed by atoms with Crippen LogP contribution in [0.5, 0.6) is 0 Å². The highest BCUT2D eigenvalue weighted by molar-refractivity contribution is 6.21. The van der Waals surface area contributed by atoms with Crippen LogP contribution in [-0.4, -0.2) is 62.3 Å². The molecule has 10 heteroatoms. The maximum absolute atomic E-state index is 13.3. The normalized spacial score (nSPS) is 17.2. The molecular formula is C36H32N6O4. The summed E-state index contributed by atoms with van der Waals surface area (Å²) in [5.41, 5.74) is 6.32.